The highest BCUT2D eigenvalue weighted by atomic mass is 32.1. The van der Waals surface area contributed by atoms with Crippen LogP contribution in [0.5, 0.6) is 0 Å². The van der Waals surface area contributed by atoms with Gasteiger partial charge in [0, 0.05) is 49.4 Å². The first-order chi connectivity index (χ1) is 12.7. The fourth-order valence-corrected chi connectivity index (χ4v) is 4.88. The minimum Gasteiger partial charge on any atom is -0.339 e. The van der Waals surface area contributed by atoms with Crippen LogP contribution in [-0.4, -0.2) is 52.3 Å². The molecule has 4 rings (SSSR count). The summed E-state index contributed by atoms with van der Waals surface area (Å²) in [6.07, 6.45) is 6.58. The summed E-state index contributed by atoms with van der Waals surface area (Å²) in [5.74, 6) is 0.707. The van der Waals surface area contributed by atoms with Crippen molar-refractivity contribution in [2.75, 3.05) is 19.6 Å². The number of likely N-dealkylation sites (tertiary alicyclic amines) is 2. The molecule has 0 N–H and O–H groups in total. The lowest BCUT2D eigenvalue weighted by Gasteiger charge is -2.47. The van der Waals surface area contributed by atoms with E-state index in [1.807, 2.05) is 11.0 Å². The Morgan fingerprint density at radius 1 is 1.27 bits per heavy atom. The number of thiophene rings is 1. The molecular formula is C20H23N3O2S. The van der Waals surface area contributed by atoms with Crippen molar-refractivity contribution >= 4 is 23.2 Å². The van der Waals surface area contributed by atoms with Crippen LogP contribution in [0.25, 0.3) is 0 Å². The Balaban J connectivity index is 1.41. The zero-order valence-corrected chi connectivity index (χ0v) is 15.5. The molecule has 136 valence electrons. The summed E-state index contributed by atoms with van der Waals surface area (Å²) >= 11 is 1.75. The first kappa shape index (κ1) is 17.2. The zero-order chi connectivity index (χ0) is 17.9. The van der Waals surface area contributed by atoms with Gasteiger partial charge in [-0.15, -0.1) is 11.3 Å². The number of rotatable bonds is 4. The molecule has 2 aromatic rings. The lowest BCUT2D eigenvalue weighted by atomic mass is 9.83. The molecule has 2 aromatic heterocycles. The summed E-state index contributed by atoms with van der Waals surface area (Å²) < 4.78 is 0. The van der Waals surface area contributed by atoms with Crippen LogP contribution in [0.2, 0.25) is 0 Å². The van der Waals surface area contributed by atoms with Crippen LogP contribution in [0.15, 0.2) is 42.0 Å². The number of amides is 2. The first-order valence-electron chi connectivity index (χ1n) is 9.23. The Bertz CT molecular complexity index is 763. The van der Waals surface area contributed by atoms with Crippen LogP contribution < -0.4 is 0 Å². The molecule has 2 aliphatic heterocycles. The molecule has 2 amide bonds. The Morgan fingerprint density at radius 2 is 2.19 bits per heavy atom. The van der Waals surface area contributed by atoms with Crippen LogP contribution in [0.3, 0.4) is 0 Å². The first-order valence-corrected chi connectivity index (χ1v) is 10.1. The molecule has 2 aliphatic rings. The largest absolute Gasteiger partial charge is 0.339 e. The van der Waals surface area contributed by atoms with Crippen molar-refractivity contribution in [2.24, 2.45) is 5.92 Å². The minimum atomic E-state index is 0.0542. The summed E-state index contributed by atoms with van der Waals surface area (Å²) in [6, 6.07) is 8.08. The Labute approximate surface area is 157 Å². The molecule has 0 bridgehead atoms. The molecule has 5 nitrogen and oxygen atoms in total. The van der Waals surface area contributed by atoms with E-state index in [0.29, 0.717) is 24.4 Å². The number of hydrogen-bond donors (Lipinski definition) is 0. The molecule has 0 aliphatic carbocycles. The number of pyridine rings is 1. The van der Waals surface area contributed by atoms with Crippen molar-refractivity contribution in [3.63, 3.8) is 0 Å². The van der Waals surface area contributed by atoms with E-state index >= 15 is 0 Å². The second kappa shape index (κ2) is 7.58. The third-order valence-electron chi connectivity index (χ3n) is 5.52. The lowest BCUT2D eigenvalue weighted by molar-refractivity contribution is -0.140. The summed E-state index contributed by atoms with van der Waals surface area (Å²) in [4.78, 5) is 34.6. The number of nitrogens with zero attached hydrogens (tertiary/aromatic N) is 3. The van der Waals surface area contributed by atoms with Gasteiger partial charge in [-0.2, -0.15) is 0 Å². The quantitative estimate of drug-likeness (QED) is 0.833. The summed E-state index contributed by atoms with van der Waals surface area (Å²) in [6.45, 7) is 2.23. The van der Waals surface area contributed by atoms with Crippen LogP contribution in [0.1, 0.15) is 34.5 Å². The van der Waals surface area contributed by atoms with Crippen LogP contribution >= 0.6 is 11.3 Å². The highest BCUT2D eigenvalue weighted by molar-refractivity contribution is 7.09. The summed E-state index contributed by atoms with van der Waals surface area (Å²) in [5.41, 5.74) is 0.646. The maximum Gasteiger partial charge on any atom is 0.255 e. The topological polar surface area (TPSA) is 53.5 Å². The van der Waals surface area contributed by atoms with Crippen LogP contribution in [-0.2, 0) is 11.2 Å². The highest BCUT2D eigenvalue weighted by Gasteiger charge is 2.40. The second-order valence-corrected chi connectivity index (χ2v) is 8.10. The molecule has 0 saturated carbocycles. The number of carbonyl (C=O) groups is 2. The molecular weight excluding hydrogens is 346 g/mol. The molecule has 2 saturated heterocycles. The van der Waals surface area contributed by atoms with Gasteiger partial charge >= 0.3 is 0 Å². The average molecular weight is 369 g/mol. The number of hydrogen-bond acceptors (Lipinski definition) is 4. The molecule has 0 unspecified atom stereocenters. The number of piperidine rings is 2. The van der Waals surface area contributed by atoms with Crippen LogP contribution in [0, 0.1) is 5.92 Å². The summed E-state index contributed by atoms with van der Waals surface area (Å²) in [7, 11) is 0. The number of aromatic nitrogens is 1. The lowest BCUT2D eigenvalue weighted by Crippen LogP contribution is -2.57. The van der Waals surface area contributed by atoms with E-state index in [0.717, 1.165) is 32.4 Å². The van der Waals surface area contributed by atoms with Gasteiger partial charge < -0.3 is 9.80 Å². The fourth-order valence-electron chi connectivity index (χ4n) is 4.18. The van der Waals surface area contributed by atoms with E-state index in [2.05, 4.69) is 27.4 Å². The Hall–Kier alpha value is -2.21. The average Bonchev–Trinajstić information content (AvgIpc) is 3.20. The standard InChI is InChI=1S/C20H23N3O2S/c24-19-6-5-16-14-22(20(25)15-3-1-9-21-13-15)10-8-18(16)23(19)11-7-17-4-2-12-26-17/h1-4,9,12-13,16,18H,5-8,10-11,14H2/t16-,18+/m0/s1. The number of fused-ring (bicyclic) bond motifs is 1. The molecule has 2 atom stereocenters. The van der Waals surface area contributed by atoms with Gasteiger partial charge in [0.05, 0.1) is 5.56 Å². The van der Waals surface area contributed by atoms with E-state index in [9.17, 15) is 9.59 Å². The highest BCUT2D eigenvalue weighted by Crippen LogP contribution is 2.32. The predicted molar refractivity (Wildman–Crippen MR) is 101 cm³/mol. The van der Waals surface area contributed by atoms with Crippen molar-refractivity contribution in [1.29, 1.82) is 0 Å². The summed E-state index contributed by atoms with van der Waals surface area (Å²) in [5, 5.41) is 2.08. The molecule has 0 aromatic carbocycles. The smallest absolute Gasteiger partial charge is 0.255 e. The molecule has 2 fully saturated rings. The Kier molecular flexibility index (Phi) is 5.02. The van der Waals surface area contributed by atoms with Gasteiger partial charge in [-0.05, 0) is 48.8 Å². The zero-order valence-electron chi connectivity index (χ0n) is 14.7. The van der Waals surface area contributed by atoms with Gasteiger partial charge in [-0.25, -0.2) is 0 Å². The van der Waals surface area contributed by atoms with Gasteiger partial charge in [0.2, 0.25) is 5.91 Å². The van der Waals surface area contributed by atoms with E-state index in [1.54, 1.807) is 29.8 Å². The second-order valence-electron chi connectivity index (χ2n) is 7.06. The molecule has 6 heteroatoms. The van der Waals surface area contributed by atoms with Crippen molar-refractivity contribution in [1.82, 2.24) is 14.8 Å². The monoisotopic (exact) mass is 369 g/mol. The predicted octanol–water partition coefficient (Wildman–Crippen LogP) is 2.84. The maximum absolute atomic E-state index is 12.7. The minimum absolute atomic E-state index is 0.0542. The van der Waals surface area contributed by atoms with Crippen molar-refractivity contribution in [3.05, 3.63) is 52.5 Å². The molecule has 0 radical (unpaired) electrons. The van der Waals surface area contributed by atoms with Crippen molar-refractivity contribution in [2.45, 2.75) is 31.7 Å². The normalized spacial score (nSPS) is 23.0. The number of carbonyl (C=O) groups excluding carboxylic acids is 2. The van der Waals surface area contributed by atoms with Gasteiger partial charge in [0.1, 0.15) is 0 Å². The van der Waals surface area contributed by atoms with Gasteiger partial charge in [0.15, 0.2) is 0 Å². The Morgan fingerprint density at radius 3 is 2.96 bits per heavy atom. The maximum atomic E-state index is 12.7. The SMILES string of the molecule is O=C(c1cccnc1)N1CC[C@@H]2[C@@H](CCC(=O)N2CCc2cccs2)C1. The molecule has 26 heavy (non-hydrogen) atoms. The van der Waals surface area contributed by atoms with Gasteiger partial charge in [-0.3, -0.25) is 14.6 Å². The van der Waals surface area contributed by atoms with E-state index in [4.69, 9.17) is 0 Å². The third-order valence-corrected chi connectivity index (χ3v) is 6.45. The van der Waals surface area contributed by atoms with E-state index in [-0.39, 0.29) is 17.9 Å². The van der Waals surface area contributed by atoms with Gasteiger partial charge in [0.25, 0.3) is 5.91 Å². The van der Waals surface area contributed by atoms with E-state index < -0.39 is 0 Å². The van der Waals surface area contributed by atoms with Crippen molar-refractivity contribution < 1.29 is 9.59 Å². The molecule has 0 spiro atoms. The van der Waals surface area contributed by atoms with Gasteiger partial charge in [-0.1, -0.05) is 6.07 Å². The van der Waals surface area contributed by atoms with Crippen molar-refractivity contribution in [3.8, 4) is 0 Å². The molecule has 4 heterocycles. The van der Waals surface area contributed by atoms with E-state index in [1.165, 1.54) is 4.88 Å². The third kappa shape index (κ3) is 3.51. The fraction of sp³-hybridized carbons (Fsp3) is 0.450. The van der Waals surface area contributed by atoms with Crippen LogP contribution in [0.4, 0.5) is 0 Å².